The zero-order chi connectivity index (χ0) is 13.2. The van der Waals surface area contributed by atoms with Crippen molar-refractivity contribution < 1.29 is 18.7 Å². The number of rotatable bonds is 4. The standard InChI is InChI=1S/C12H15F2NO2/c1-7-3-10(14)8(4-9(7)13)12(2,6-15)5-11(16)17/h3-4H,5-6,15H2,1-2H3,(H,16,17). The molecule has 0 saturated heterocycles. The Morgan fingerprint density at radius 1 is 1.41 bits per heavy atom. The molecule has 0 radical (unpaired) electrons. The van der Waals surface area contributed by atoms with Crippen LogP contribution in [0.5, 0.6) is 0 Å². The molecule has 1 aromatic rings. The van der Waals surface area contributed by atoms with E-state index in [9.17, 15) is 13.6 Å². The molecule has 0 aliphatic carbocycles. The van der Waals surface area contributed by atoms with Crippen LogP contribution in [0.1, 0.15) is 24.5 Å². The second kappa shape index (κ2) is 4.79. The SMILES string of the molecule is Cc1cc(F)c(C(C)(CN)CC(=O)O)cc1F. The van der Waals surface area contributed by atoms with Gasteiger partial charge in [0.2, 0.25) is 0 Å². The first-order valence-corrected chi connectivity index (χ1v) is 5.18. The molecule has 0 aliphatic heterocycles. The van der Waals surface area contributed by atoms with E-state index in [1.165, 1.54) is 13.8 Å². The van der Waals surface area contributed by atoms with Gasteiger partial charge < -0.3 is 10.8 Å². The molecule has 1 aromatic carbocycles. The van der Waals surface area contributed by atoms with Crippen molar-refractivity contribution in [3.05, 3.63) is 34.9 Å². The first-order chi connectivity index (χ1) is 7.80. The topological polar surface area (TPSA) is 63.3 Å². The fraction of sp³-hybridized carbons (Fsp3) is 0.417. The van der Waals surface area contributed by atoms with E-state index in [0.717, 1.165) is 12.1 Å². The summed E-state index contributed by atoms with van der Waals surface area (Å²) in [5, 5.41) is 8.78. The number of hydrogen-bond acceptors (Lipinski definition) is 2. The molecule has 0 fully saturated rings. The highest BCUT2D eigenvalue weighted by Crippen LogP contribution is 2.30. The lowest BCUT2D eigenvalue weighted by Gasteiger charge is -2.27. The highest BCUT2D eigenvalue weighted by Gasteiger charge is 2.31. The van der Waals surface area contributed by atoms with Crippen molar-refractivity contribution in [2.75, 3.05) is 6.54 Å². The van der Waals surface area contributed by atoms with Crippen LogP contribution in [-0.4, -0.2) is 17.6 Å². The van der Waals surface area contributed by atoms with Crippen molar-refractivity contribution in [1.29, 1.82) is 0 Å². The molecule has 3 N–H and O–H groups in total. The zero-order valence-electron chi connectivity index (χ0n) is 9.76. The minimum Gasteiger partial charge on any atom is -0.481 e. The van der Waals surface area contributed by atoms with Crippen molar-refractivity contribution in [1.82, 2.24) is 0 Å². The van der Waals surface area contributed by atoms with E-state index in [4.69, 9.17) is 10.8 Å². The molecule has 0 bridgehead atoms. The summed E-state index contributed by atoms with van der Waals surface area (Å²) in [7, 11) is 0. The van der Waals surface area contributed by atoms with Gasteiger partial charge in [-0.15, -0.1) is 0 Å². The summed E-state index contributed by atoms with van der Waals surface area (Å²) < 4.78 is 27.2. The summed E-state index contributed by atoms with van der Waals surface area (Å²) >= 11 is 0. The van der Waals surface area contributed by atoms with Crippen LogP contribution in [0, 0.1) is 18.6 Å². The van der Waals surface area contributed by atoms with E-state index >= 15 is 0 Å². The molecule has 0 heterocycles. The molecular formula is C12H15F2NO2. The van der Waals surface area contributed by atoms with Crippen molar-refractivity contribution >= 4 is 5.97 Å². The molecule has 1 atom stereocenters. The number of aliphatic carboxylic acids is 1. The van der Waals surface area contributed by atoms with Crippen LogP contribution >= 0.6 is 0 Å². The van der Waals surface area contributed by atoms with Crippen LogP contribution in [0.2, 0.25) is 0 Å². The highest BCUT2D eigenvalue weighted by atomic mass is 19.1. The molecule has 0 aromatic heterocycles. The summed E-state index contributed by atoms with van der Waals surface area (Å²) in [4.78, 5) is 10.7. The number of benzene rings is 1. The summed E-state index contributed by atoms with van der Waals surface area (Å²) in [6.45, 7) is 2.88. The summed E-state index contributed by atoms with van der Waals surface area (Å²) in [5.41, 5.74) is 4.57. The molecule has 3 nitrogen and oxygen atoms in total. The Labute approximate surface area is 98.2 Å². The number of carboxylic acid groups (broad SMARTS) is 1. The van der Waals surface area contributed by atoms with Crippen molar-refractivity contribution in [3.8, 4) is 0 Å². The Kier molecular flexibility index (Phi) is 3.83. The number of nitrogens with two attached hydrogens (primary N) is 1. The van der Waals surface area contributed by atoms with E-state index in [-0.39, 0.29) is 24.1 Å². The van der Waals surface area contributed by atoms with Gasteiger partial charge in [-0.1, -0.05) is 6.92 Å². The maximum absolute atomic E-state index is 13.7. The number of halogens is 2. The van der Waals surface area contributed by atoms with Crippen molar-refractivity contribution in [2.24, 2.45) is 5.73 Å². The molecule has 0 aliphatic rings. The zero-order valence-corrected chi connectivity index (χ0v) is 9.76. The van der Waals surface area contributed by atoms with E-state index < -0.39 is 23.0 Å². The van der Waals surface area contributed by atoms with Gasteiger partial charge in [0.25, 0.3) is 0 Å². The molecule has 1 unspecified atom stereocenters. The van der Waals surface area contributed by atoms with E-state index in [0.29, 0.717) is 0 Å². The van der Waals surface area contributed by atoms with Gasteiger partial charge in [0.15, 0.2) is 0 Å². The van der Waals surface area contributed by atoms with Crippen LogP contribution in [0.4, 0.5) is 8.78 Å². The van der Waals surface area contributed by atoms with Crippen LogP contribution in [-0.2, 0) is 10.2 Å². The average Bonchev–Trinajstić information content (AvgIpc) is 2.22. The van der Waals surface area contributed by atoms with Crippen LogP contribution in [0.25, 0.3) is 0 Å². The quantitative estimate of drug-likeness (QED) is 0.849. The third-order valence-corrected chi connectivity index (χ3v) is 2.89. The third kappa shape index (κ3) is 2.79. The normalized spacial score (nSPS) is 14.4. The monoisotopic (exact) mass is 243 g/mol. The van der Waals surface area contributed by atoms with Crippen molar-refractivity contribution in [3.63, 3.8) is 0 Å². The van der Waals surface area contributed by atoms with Crippen LogP contribution in [0.3, 0.4) is 0 Å². The summed E-state index contributed by atoms with van der Waals surface area (Å²) in [6, 6.07) is 2.08. The fourth-order valence-corrected chi connectivity index (χ4v) is 1.72. The van der Waals surface area contributed by atoms with Gasteiger partial charge in [0.1, 0.15) is 11.6 Å². The highest BCUT2D eigenvalue weighted by molar-refractivity contribution is 5.69. The summed E-state index contributed by atoms with van der Waals surface area (Å²) in [6.07, 6.45) is -0.344. The van der Waals surface area contributed by atoms with Gasteiger partial charge in [-0.2, -0.15) is 0 Å². The van der Waals surface area contributed by atoms with Gasteiger partial charge in [-0.25, -0.2) is 8.78 Å². The Morgan fingerprint density at radius 2 is 2.00 bits per heavy atom. The number of hydrogen-bond donors (Lipinski definition) is 2. The largest absolute Gasteiger partial charge is 0.481 e. The lowest BCUT2D eigenvalue weighted by molar-refractivity contribution is -0.138. The number of carboxylic acids is 1. The molecule has 5 heteroatoms. The predicted molar refractivity (Wildman–Crippen MR) is 59.8 cm³/mol. The lowest BCUT2D eigenvalue weighted by Crippen LogP contribution is -2.35. The lowest BCUT2D eigenvalue weighted by atomic mass is 9.79. The molecule has 17 heavy (non-hydrogen) atoms. The second-order valence-electron chi connectivity index (χ2n) is 4.42. The van der Waals surface area contributed by atoms with E-state index in [1.54, 1.807) is 0 Å². The predicted octanol–water partition coefficient (Wildman–Crippen LogP) is 1.96. The van der Waals surface area contributed by atoms with Gasteiger partial charge in [0, 0.05) is 12.0 Å². The maximum Gasteiger partial charge on any atom is 0.304 e. The van der Waals surface area contributed by atoms with E-state index in [1.807, 2.05) is 0 Å². The smallest absolute Gasteiger partial charge is 0.304 e. The van der Waals surface area contributed by atoms with Crippen LogP contribution < -0.4 is 5.73 Å². The molecule has 0 amide bonds. The minimum absolute atomic E-state index is 0.00509. The van der Waals surface area contributed by atoms with Gasteiger partial charge >= 0.3 is 5.97 Å². The second-order valence-corrected chi connectivity index (χ2v) is 4.42. The molecule has 1 rings (SSSR count). The Hall–Kier alpha value is -1.49. The number of carbonyl (C=O) groups is 1. The molecule has 94 valence electrons. The van der Waals surface area contributed by atoms with Gasteiger partial charge in [0.05, 0.1) is 6.42 Å². The molecule has 0 saturated carbocycles. The fourth-order valence-electron chi connectivity index (χ4n) is 1.72. The van der Waals surface area contributed by atoms with E-state index in [2.05, 4.69) is 0 Å². The van der Waals surface area contributed by atoms with Crippen molar-refractivity contribution in [2.45, 2.75) is 25.7 Å². The minimum atomic E-state index is -1.11. The third-order valence-electron chi connectivity index (χ3n) is 2.89. The first-order valence-electron chi connectivity index (χ1n) is 5.18. The first kappa shape index (κ1) is 13.6. The molecule has 0 spiro atoms. The molecular weight excluding hydrogens is 228 g/mol. The summed E-state index contributed by atoms with van der Waals surface area (Å²) in [5.74, 6) is -2.29. The van der Waals surface area contributed by atoms with Crippen LogP contribution in [0.15, 0.2) is 12.1 Å². The van der Waals surface area contributed by atoms with Gasteiger partial charge in [-0.3, -0.25) is 4.79 Å². The Bertz CT molecular complexity index is 448. The maximum atomic E-state index is 13.7. The average molecular weight is 243 g/mol. The Morgan fingerprint density at radius 3 is 2.47 bits per heavy atom. The number of aryl methyl sites for hydroxylation is 1. The Balaban J connectivity index is 3.29. The van der Waals surface area contributed by atoms with Gasteiger partial charge in [-0.05, 0) is 30.2 Å².